The van der Waals surface area contributed by atoms with E-state index < -0.39 is 27.2 Å². The van der Waals surface area contributed by atoms with Gasteiger partial charge in [-0.3, -0.25) is 0 Å². The van der Waals surface area contributed by atoms with E-state index in [1.165, 1.54) is 19.1 Å². The van der Waals surface area contributed by atoms with Crippen molar-refractivity contribution in [2.45, 2.75) is 18.3 Å². The molecule has 0 aliphatic heterocycles. The first-order valence-corrected chi connectivity index (χ1v) is 5.88. The number of primary sulfonamides is 1. The van der Waals surface area contributed by atoms with E-state index in [0.29, 0.717) is 5.56 Å². The molecule has 0 unspecified atom stereocenters. The van der Waals surface area contributed by atoms with Gasteiger partial charge in [0, 0.05) is 0 Å². The molecule has 4 nitrogen and oxygen atoms in total. The van der Waals surface area contributed by atoms with Gasteiger partial charge < -0.3 is 5.11 Å². The first kappa shape index (κ1) is 12.1. The van der Waals surface area contributed by atoms with Gasteiger partial charge in [-0.2, -0.15) is 0 Å². The first-order chi connectivity index (χ1) is 6.82. The molecule has 0 amide bonds. The van der Waals surface area contributed by atoms with Crippen molar-refractivity contribution >= 4 is 10.0 Å². The SMILES string of the molecule is C[C@H]([C@H](O)c1ccc(F)cc1)S(N)(=O)=O. The number of sulfonamides is 1. The molecule has 0 fully saturated rings. The van der Waals surface area contributed by atoms with E-state index in [1.54, 1.807) is 0 Å². The summed E-state index contributed by atoms with van der Waals surface area (Å²) in [7, 11) is -3.80. The van der Waals surface area contributed by atoms with Crippen LogP contribution in [0.3, 0.4) is 0 Å². The molecule has 2 atom stereocenters. The van der Waals surface area contributed by atoms with Gasteiger partial charge in [-0.05, 0) is 24.6 Å². The number of aliphatic hydroxyl groups excluding tert-OH is 1. The summed E-state index contributed by atoms with van der Waals surface area (Å²) in [6.07, 6.45) is -1.25. The van der Waals surface area contributed by atoms with Crippen LogP contribution < -0.4 is 5.14 Å². The Balaban J connectivity index is 2.95. The highest BCUT2D eigenvalue weighted by Crippen LogP contribution is 2.20. The van der Waals surface area contributed by atoms with Crippen LogP contribution in [0.2, 0.25) is 0 Å². The molecular formula is C9H12FNO3S. The van der Waals surface area contributed by atoms with Crippen LogP contribution in [0.4, 0.5) is 4.39 Å². The van der Waals surface area contributed by atoms with Gasteiger partial charge in [-0.1, -0.05) is 12.1 Å². The number of rotatable bonds is 3. The van der Waals surface area contributed by atoms with E-state index >= 15 is 0 Å². The Morgan fingerprint density at radius 1 is 1.33 bits per heavy atom. The van der Waals surface area contributed by atoms with Gasteiger partial charge in [0.05, 0.1) is 6.10 Å². The normalized spacial score (nSPS) is 16.0. The minimum Gasteiger partial charge on any atom is -0.387 e. The Morgan fingerprint density at radius 2 is 1.80 bits per heavy atom. The number of halogens is 1. The number of hydrogen-bond acceptors (Lipinski definition) is 3. The van der Waals surface area contributed by atoms with Crippen molar-refractivity contribution in [3.05, 3.63) is 35.6 Å². The van der Waals surface area contributed by atoms with Crippen molar-refractivity contribution in [1.82, 2.24) is 0 Å². The molecule has 0 aliphatic carbocycles. The summed E-state index contributed by atoms with van der Waals surface area (Å²) in [5, 5.41) is 13.4. The molecule has 0 bridgehead atoms. The van der Waals surface area contributed by atoms with Crippen LogP contribution in [0.5, 0.6) is 0 Å². The largest absolute Gasteiger partial charge is 0.387 e. The molecule has 0 aliphatic rings. The summed E-state index contributed by atoms with van der Waals surface area (Å²) in [6, 6.07) is 4.94. The summed E-state index contributed by atoms with van der Waals surface area (Å²) in [5.74, 6) is -0.450. The number of nitrogens with two attached hydrogens (primary N) is 1. The Morgan fingerprint density at radius 3 is 2.20 bits per heavy atom. The predicted octanol–water partition coefficient (Wildman–Crippen LogP) is 0.536. The van der Waals surface area contributed by atoms with E-state index in [2.05, 4.69) is 0 Å². The standard InChI is InChI=1S/C9H12FNO3S/c1-6(15(11,13)14)9(12)7-2-4-8(10)5-3-7/h2-6,9,12H,1H3,(H2,11,13,14)/t6-,9+/m1/s1. The monoisotopic (exact) mass is 233 g/mol. The number of aliphatic hydroxyl groups is 1. The van der Waals surface area contributed by atoms with Gasteiger partial charge in [-0.15, -0.1) is 0 Å². The van der Waals surface area contributed by atoms with Gasteiger partial charge in [0.25, 0.3) is 0 Å². The van der Waals surface area contributed by atoms with Crippen LogP contribution in [-0.4, -0.2) is 18.8 Å². The van der Waals surface area contributed by atoms with Gasteiger partial charge in [0.2, 0.25) is 10.0 Å². The molecule has 0 saturated heterocycles. The molecule has 1 aromatic rings. The predicted molar refractivity (Wildman–Crippen MR) is 53.9 cm³/mol. The third kappa shape index (κ3) is 2.98. The molecular weight excluding hydrogens is 221 g/mol. The molecule has 15 heavy (non-hydrogen) atoms. The third-order valence-corrected chi connectivity index (χ3v) is 3.47. The second-order valence-corrected chi connectivity index (χ2v) is 5.21. The van der Waals surface area contributed by atoms with E-state index in [-0.39, 0.29) is 0 Å². The van der Waals surface area contributed by atoms with Crippen molar-refractivity contribution in [2.75, 3.05) is 0 Å². The minimum absolute atomic E-state index is 0.318. The zero-order chi connectivity index (χ0) is 11.6. The molecule has 84 valence electrons. The zero-order valence-electron chi connectivity index (χ0n) is 8.09. The maximum absolute atomic E-state index is 12.6. The summed E-state index contributed by atoms with van der Waals surface area (Å²) >= 11 is 0. The highest BCUT2D eigenvalue weighted by molar-refractivity contribution is 7.89. The third-order valence-electron chi connectivity index (χ3n) is 2.17. The zero-order valence-corrected chi connectivity index (χ0v) is 8.91. The number of hydrogen-bond donors (Lipinski definition) is 2. The van der Waals surface area contributed by atoms with E-state index in [0.717, 1.165) is 12.1 Å². The Hall–Kier alpha value is -0.980. The Labute approximate surface area is 87.6 Å². The molecule has 0 spiro atoms. The summed E-state index contributed by atoms with van der Waals surface area (Å²) < 4.78 is 34.5. The van der Waals surface area contributed by atoms with Crippen LogP contribution >= 0.6 is 0 Å². The maximum Gasteiger partial charge on any atom is 0.214 e. The highest BCUT2D eigenvalue weighted by Gasteiger charge is 2.25. The molecule has 6 heteroatoms. The van der Waals surface area contributed by atoms with Crippen molar-refractivity contribution < 1.29 is 17.9 Å². The fraction of sp³-hybridized carbons (Fsp3) is 0.333. The number of benzene rings is 1. The van der Waals surface area contributed by atoms with Crippen LogP contribution in [0.1, 0.15) is 18.6 Å². The minimum atomic E-state index is -3.80. The van der Waals surface area contributed by atoms with Crippen LogP contribution in [0.15, 0.2) is 24.3 Å². The second kappa shape index (κ2) is 4.26. The highest BCUT2D eigenvalue weighted by atomic mass is 32.2. The smallest absolute Gasteiger partial charge is 0.214 e. The van der Waals surface area contributed by atoms with E-state index in [4.69, 9.17) is 5.14 Å². The van der Waals surface area contributed by atoms with Crippen molar-refractivity contribution in [3.63, 3.8) is 0 Å². The van der Waals surface area contributed by atoms with Gasteiger partial charge in [0.1, 0.15) is 11.1 Å². The Kier molecular flexibility index (Phi) is 3.43. The average molecular weight is 233 g/mol. The molecule has 0 heterocycles. The Bertz CT molecular complexity index is 429. The lowest BCUT2D eigenvalue weighted by Crippen LogP contribution is -2.31. The fourth-order valence-corrected chi connectivity index (χ4v) is 1.63. The molecule has 1 rings (SSSR count). The van der Waals surface area contributed by atoms with E-state index in [1.807, 2.05) is 0 Å². The van der Waals surface area contributed by atoms with Crippen molar-refractivity contribution in [3.8, 4) is 0 Å². The molecule has 0 radical (unpaired) electrons. The quantitative estimate of drug-likeness (QED) is 0.799. The lowest BCUT2D eigenvalue weighted by Gasteiger charge is -2.16. The molecule has 1 aromatic carbocycles. The summed E-state index contributed by atoms with van der Waals surface area (Å²) in [6.45, 7) is 1.29. The van der Waals surface area contributed by atoms with Gasteiger partial charge >= 0.3 is 0 Å². The van der Waals surface area contributed by atoms with Crippen LogP contribution in [0, 0.1) is 5.82 Å². The van der Waals surface area contributed by atoms with Crippen LogP contribution in [0.25, 0.3) is 0 Å². The molecule has 3 N–H and O–H groups in total. The van der Waals surface area contributed by atoms with Gasteiger partial charge in [0.15, 0.2) is 0 Å². The van der Waals surface area contributed by atoms with Crippen molar-refractivity contribution in [2.24, 2.45) is 5.14 Å². The molecule has 0 saturated carbocycles. The maximum atomic E-state index is 12.6. The molecule has 0 aromatic heterocycles. The lowest BCUT2D eigenvalue weighted by atomic mass is 10.1. The topological polar surface area (TPSA) is 80.4 Å². The second-order valence-electron chi connectivity index (χ2n) is 3.29. The lowest BCUT2D eigenvalue weighted by molar-refractivity contribution is 0.176. The van der Waals surface area contributed by atoms with Crippen LogP contribution in [-0.2, 0) is 10.0 Å². The van der Waals surface area contributed by atoms with E-state index in [9.17, 15) is 17.9 Å². The summed E-state index contributed by atoms with van der Waals surface area (Å²) in [5.41, 5.74) is 0.318. The first-order valence-electron chi connectivity index (χ1n) is 4.27. The van der Waals surface area contributed by atoms with Gasteiger partial charge in [-0.25, -0.2) is 17.9 Å². The van der Waals surface area contributed by atoms with Crippen molar-refractivity contribution in [1.29, 1.82) is 0 Å². The fourth-order valence-electron chi connectivity index (χ4n) is 1.11. The average Bonchev–Trinajstić information content (AvgIpc) is 2.15. The summed E-state index contributed by atoms with van der Waals surface area (Å²) in [4.78, 5) is 0.